The Morgan fingerprint density at radius 1 is 1.19 bits per heavy atom. The van der Waals surface area contributed by atoms with Gasteiger partial charge in [0.15, 0.2) is 0 Å². The molecule has 0 radical (unpaired) electrons. The number of carbonyl (C=O) groups is 1. The van der Waals surface area contributed by atoms with Gasteiger partial charge in [0.25, 0.3) is 0 Å². The topological polar surface area (TPSA) is 58.1 Å². The van der Waals surface area contributed by atoms with Crippen LogP contribution < -0.4 is 10.2 Å². The Labute approximate surface area is 160 Å². The molecule has 0 bridgehead atoms. The summed E-state index contributed by atoms with van der Waals surface area (Å²) in [4.78, 5) is 24.0. The highest BCUT2D eigenvalue weighted by atomic mass is 32.2. The zero-order valence-corrected chi connectivity index (χ0v) is 16.9. The van der Waals surface area contributed by atoms with Gasteiger partial charge < -0.3 is 10.2 Å². The molecule has 0 atom stereocenters. The number of fused-ring (bicyclic) bond motifs is 1. The highest BCUT2D eigenvalue weighted by Crippen LogP contribution is 2.25. The van der Waals surface area contributed by atoms with Crippen molar-refractivity contribution in [2.75, 3.05) is 36.5 Å². The summed E-state index contributed by atoms with van der Waals surface area (Å²) in [6, 6.07) is 4.32. The van der Waals surface area contributed by atoms with Crippen molar-refractivity contribution in [3.8, 4) is 0 Å². The number of rotatable bonds is 5. The summed E-state index contributed by atoms with van der Waals surface area (Å²) in [6.45, 7) is 8.71. The number of piperidine rings is 1. The van der Waals surface area contributed by atoms with E-state index in [1.165, 1.54) is 11.1 Å². The Kier molecular flexibility index (Phi) is 6.01. The fraction of sp³-hybridized carbons (Fsp3) is 0.550. The van der Waals surface area contributed by atoms with Gasteiger partial charge in [-0.15, -0.1) is 0 Å². The summed E-state index contributed by atoms with van der Waals surface area (Å²) in [7, 11) is 0. The van der Waals surface area contributed by atoms with Crippen molar-refractivity contribution in [3.63, 3.8) is 0 Å². The first kappa shape index (κ1) is 19.0. The van der Waals surface area contributed by atoms with Crippen LogP contribution in [0, 0.1) is 26.7 Å². The first-order chi connectivity index (χ1) is 12.5. The Morgan fingerprint density at radius 3 is 2.58 bits per heavy atom. The maximum Gasteiger partial charge on any atom is 0.226 e. The lowest BCUT2D eigenvalue weighted by atomic mass is 9.96. The lowest BCUT2D eigenvalue weighted by Crippen LogP contribution is -2.41. The monoisotopic (exact) mass is 372 g/mol. The van der Waals surface area contributed by atoms with Gasteiger partial charge in [-0.1, -0.05) is 0 Å². The summed E-state index contributed by atoms with van der Waals surface area (Å²) >= 11 is 1.75. The Balaban J connectivity index is 1.69. The van der Waals surface area contributed by atoms with Crippen molar-refractivity contribution in [2.45, 2.75) is 33.6 Å². The van der Waals surface area contributed by atoms with E-state index in [9.17, 15) is 4.79 Å². The molecule has 0 spiro atoms. The van der Waals surface area contributed by atoms with Crippen molar-refractivity contribution >= 4 is 34.5 Å². The second kappa shape index (κ2) is 8.25. The van der Waals surface area contributed by atoms with E-state index in [-0.39, 0.29) is 11.8 Å². The number of nitrogens with zero attached hydrogens (tertiary/aromatic N) is 3. The summed E-state index contributed by atoms with van der Waals surface area (Å²) in [5, 5.41) is 4.17. The average molecular weight is 373 g/mol. The van der Waals surface area contributed by atoms with E-state index in [1.807, 2.05) is 6.92 Å². The van der Waals surface area contributed by atoms with Crippen LogP contribution in [0.5, 0.6) is 0 Å². The molecule has 0 unspecified atom stereocenters. The van der Waals surface area contributed by atoms with Gasteiger partial charge in [-0.2, -0.15) is 11.8 Å². The molecule has 1 aromatic heterocycles. The molecule has 1 aromatic carbocycles. The molecule has 0 aliphatic carbocycles. The van der Waals surface area contributed by atoms with Gasteiger partial charge >= 0.3 is 0 Å². The summed E-state index contributed by atoms with van der Waals surface area (Å²) in [6.07, 6.45) is 3.77. The molecule has 1 N–H and O–H groups in total. The lowest BCUT2D eigenvalue weighted by molar-refractivity contribution is -0.125. The number of carbonyl (C=O) groups excluding carboxylic acids is 1. The minimum absolute atomic E-state index is 0.111. The highest BCUT2D eigenvalue weighted by molar-refractivity contribution is 7.98. The van der Waals surface area contributed by atoms with Gasteiger partial charge in [0.2, 0.25) is 11.9 Å². The van der Waals surface area contributed by atoms with Crippen molar-refractivity contribution < 1.29 is 4.79 Å². The number of thioether (sulfide) groups is 1. The molecule has 1 saturated heterocycles. The predicted molar refractivity (Wildman–Crippen MR) is 110 cm³/mol. The van der Waals surface area contributed by atoms with E-state index in [0.29, 0.717) is 0 Å². The molecular weight excluding hydrogens is 344 g/mol. The largest absolute Gasteiger partial charge is 0.355 e. The number of aromatic nitrogens is 2. The molecule has 3 rings (SSSR count). The average Bonchev–Trinajstić information content (AvgIpc) is 2.63. The van der Waals surface area contributed by atoms with Crippen molar-refractivity contribution in [3.05, 3.63) is 29.0 Å². The minimum Gasteiger partial charge on any atom is -0.355 e. The van der Waals surface area contributed by atoms with Crippen molar-refractivity contribution in [1.82, 2.24) is 15.3 Å². The first-order valence-corrected chi connectivity index (χ1v) is 10.7. The number of aryl methyl sites for hydroxylation is 3. The maximum atomic E-state index is 12.2. The van der Waals surface area contributed by atoms with E-state index in [2.05, 4.69) is 42.5 Å². The Morgan fingerprint density at radius 2 is 1.88 bits per heavy atom. The Bertz CT molecular complexity index is 800. The number of hydrogen-bond acceptors (Lipinski definition) is 5. The number of amides is 1. The summed E-state index contributed by atoms with van der Waals surface area (Å²) in [5.41, 5.74) is 4.55. The standard InChI is InChI=1S/C20H28N4OS/c1-13-11-17-15(3)22-20(23-18(17)12-14(13)2)24-8-5-16(6-9-24)19(25)21-7-10-26-4/h11-12,16H,5-10H2,1-4H3,(H,21,25). The second-order valence-corrected chi connectivity index (χ2v) is 8.09. The Hall–Kier alpha value is -1.82. The third-order valence-electron chi connectivity index (χ3n) is 5.24. The molecular formula is C20H28N4OS. The fourth-order valence-electron chi connectivity index (χ4n) is 3.43. The van der Waals surface area contributed by atoms with Gasteiger partial charge in [-0.25, -0.2) is 9.97 Å². The van der Waals surface area contributed by atoms with E-state index in [1.54, 1.807) is 11.8 Å². The molecule has 1 fully saturated rings. The number of hydrogen-bond donors (Lipinski definition) is 1. The van der Waals surface area contributed by atoms with Crippen LogP contribution in [-0.4, -0.2) is 47.5 Å². The molecule has 1 aliphatic rings. The third-order valence-corrected chi connectivity index (χ3v) is 5.86. The highest BCUT2D eigenvalue weighted by Gasteiger charge is 2.26. The molecule has 6 heteroatoms. The molecule has 26 heavy (non-hydrogen) atoms. The number of nitrogens with one attached hydrogen (secondary N) is 1. The summed E-state index contributed by atoms with van der Waals surface area (Å²) in [5.74, 6) is 2.06. The number of anilines is 1. The SMILES string of the molecule is CSCCNC(=O)C1CCN(c2nc(C)c3cc(C)c(C)cc3n2)CC1. The van der Waals surface area contributed by atoms with Crippen LogP contribution in [0.15, 0.2) is 12.1 Å². The van der Waals surface area contributed by atoms with Crippen LogP contribution in [0.2, 0.25) is 0 Å². The lowest BCUT2D eigenvalue weighted by Gasteiger charge is -2.31. The predicted octanol–water partition coefficient (Wildman–Crippen LogP) is 3.25. The fourth-order valence-corrected chi connectivity index (χ4v) is 3.74. The first-order valence-electron chi connectivity index (χ1n) is 9.26. The van der Waals surface area contributed by atoms with E-state index < -0.39 is 0 Å². The van der Waals surface area contributed by atoms with Gasteiger partial charge in [0.1, 0.15) is 0 Å². The molecule has 5 nitrogen and oxygen atoms in total. The van der Waals surface area contributed by atoms with E-state index in [0.717, 1.165) is 60.8 Å². The molecule has 2 heterocycles. The van der Waals surface area contributed by atoms with E-state index >= 15 is 0 Å². The van der Waals surface area contributed by atoms with Crippen LogP contribution in [0.4, 0.5) is 5.95 Å². The molecule has 140 valence electrons. The third kappa shape index (κ3) is 4.11. The molecule has 1 aliphatic heterocycles. The second-order valence-electron chi connectivity index (χ2n) is 7.11. The quantitative estimate of drug-likeness (QED) is 0.817. The summed E-state index contributed by atoms with van der Waals surface area (Å²) < 4.78 is 0. The van der Waals surface area contributed by atoms with E-state index in [4.69, 9.17) is 9.97 Å². The zero-order valence-electron chi connectivity index (χ0n) is 16.1. The van der Waals surface area contributed by atoms with Crippen LogP contribution >= 0.6 is 11.8 Å². The van der Waals surface area contributed by atoms with Gasteiger partial charge in [-0.3, -0.25) is 4.79 Å². The maximum absolute atomic E-state index is 12.2. The smallest absolute Gasteiger partial charge is 0.226 e. The van der Waals surface area contributed by atoms with Crippen LogP contribution in [0.1, 0.15) is 29.7 Å². The van der Waals surface area contributed by atoms with Crippen molar-refractivity contribution in [2.24, 2.45) is 5.92 Å². The van der Waals surface area contributed by atoms with Crippen LogP contribution in [0.3, 0.4) is 0 Å². The minimum atomic E-state index is 0.111. The number of benzene rings is 1. The molecule has 2 aromatic rings. The van der Waals surface area contributed by atoms with Crippen LogP contribution in [-0.2, 0) is 4.79 Å². The van der Waals surface area contributed by atoms with Gasteiger partial charge in [0, 0.05) is 36.7 Å². The van der Waals surface area contributed by atoms with Gasteiger partial charge in [-0.05, 0) is 63.1 Å². The zero-order chi connectivity index (χ0) is 18.7. The van der Waals surface area contributed by atoms with Crippen molar-refractivity contribution in [1.29, 1.82) is 0 Å². The van der Waals surface area contributed by atoms with Gasteiger partial charge in [0.05, 0.1) is 11.2 Å². The molecule has 0 saturated carbocycles. The molecule has 1 amide bonds. The normalized spacial score (nSPS) is 15.5. The van der Waals surface area contributed by atoms with Crippen LogP contribution in [0.25, 0.3) is 10.9 Å².